The molecule has 0 radical (unpaired) electrons. The van der Waals surface area contributed by atoms with Crippen molar-refractivity contribution in [2.24, 2.45) is 0 Å². The number of benzene rings is 2. The number of halogens is 1. The molecule has 0 saturated carbocycles. The first kappa shape index (κ1) is 26.9. The highest BCUT2D eigenvalue weighted by atomic mass is 35.5. The van der Waals surface area contributed by atoms with Gasteiger partial charge in [0.15, 0.2) is 0 Å². The van der Waals surface area contributed by atoms with E-state index < -0.39 is 12.1 Å². The van der Waals surface area contributed by atoms with Gasteiger partial charge in [-0.1, -0.05) is 54.1 Å². The number of carbonyl (C=O) groups is 3. The van der Waals surface area contributed by atoms with Gasteiger partial charge in [0.25, 0.3) is 0 Å². The Labute approximate surface area is 214 Å². The highest BCUT2D eigenvalue weighted by molar-refractivity contribution is 6.31. The third kappa shape index (κ3) is 7.40. The minimum Gasteiger partial charge on any atom is -0.447 e. The van der Waals surface area contributed by atoms with Gasteiger partial charge in [-0.05, 0) is 29.5 Å². The summed E-state index contributed by atoms with van der Waals surface area (Å²) >= 11 is 6.19. The highest BCUT2D eigenvalue weighted by Gasteiger charge is 2.26. The molecule has 0 unspecified atom stereocenters. The predicted octanol–water partition coefficient (Wildman–Crippen LogP) is 4.31. The van der Waals surface area contributed by atoms with Gasteiger partial charge in [0, 0.05) is 37.1 Å². The first-order valence-corrected chi connectivity index (χ1v) is 11.7. The Morgan fingerprint density at radius 3 is 2.44 bits per heavy atom. The third-order valence-electron chi connectivity index (χ3n) is 5.81. The molecule has 1 N–H and O–H groups in total. The molecule has 3 amide bonds. The molecule has 1 atom stereocenters. The molecule has 0 saturated heterocycles. The van der Waals surface area contributed by atoms with Crippen LogP contribution >= 0.6 is 11.6 Å². The van der Waals surface area contributed by atoms with E-state index in [0.29, 0.717) is 17.3 Å². The average Bonchev–Trinajstić information content (AvgIpc) is 2.89. The van der Waals surface area contributed by atoms with Gasteiger partial charge in [0.05, 0.1) is 19.6 Å². The zero-order valence-electron chi connectivity index (χ0n) is 20.4. The number of hydrogen-bond acceptors (Lipinski definition) is 6. The van der Waals surface area contributed by atoms with Gasteiger partial charge >= 0.3 is 6.09 Å². The highest BCUT2D eigenvalue weighted by Crippen LogP contribution is 2.18. The number of nitrogens with zero attached hydrogens (tertiary/aromatic N) is 3. The molecule has 36 heavy (non-hydrogen) atoms. The van der Waals surface area contributed by atoms with E-state index in [4.69, 9.17) is 21.2 Å². The van der Waals surface area contributed by atoms with Crippen molar-refractivity contribution in [2.45, 2.75) is 25.3 Å². The van der Waals surface area contributed by atoms with Gasteiger partial charge in [0.2, 0.25) is 11.8 Å². The lowest BCUT2D eigenvalue weighted by molar-refractivity contribution is -0.170. The predicted molar refractivity (Wildman–Crippen MR) is 137 cm³/mol. The molecule has 3 rings (SSSR count). The second-order valence-electron chi connectivity index (χ2n) is 8.17. The molecule has 0 spiro atoms. The number of aryl methyl sites for hydroxylation is 1. The molecule has 0 aliphatic heterocycles. The van der Waals surface area contributed by atoms with Crippen LogP contribution in [0.15, 0.2) is 60.8 Å². The molecule has 1 aromatic heterocycles. The maximum Gasteiger partial charge on any atom is 0.412 e. The summed E-state index contributed by atoms with van der Waals surface area (Å²) in [6.07, 6.45) is 1.43. The normalized spacial score (nSPS) is 11.6. The molecule has 2 aromatic carbocycles. The Morgan fingerprint density at radius 2 is 1.72 bits per heavy atom. The minimum atomic E-state index is -0.743. The summed E-state index contributed by atoms with van der Waals surface area (Å²) in [6.45, 7) is -0.197. The van der Waals surface area contributed by atoms with Crippen LogP contribution in [0.5, 0.6) is 0 Å². The lowest BCUT2D eigenvalue weighted by atomic mass is 10.1. The van der Waals surface area contributed by atoms with Gasteiger partial charge in [-0.25, -0.2) is 14.8 Å². The fraction of sp³-hybridized carbons (Fsp3) is 0.308. The van der Waals surface area contributed by atoms with E-state index in [1.165, 1.54) is 19.1 Å². The number of likely N-dealkylation sites (N-methyl/N-ethyl adjacent to an activating group) is 1. The average molecular weight is 513 g/mol. The molecule has 0 bridgehead atoms. The molecule has 3 aromatic rings. The van der Waals surface area contributed by atoms with Gasteiger partial charge in [-0.15, -0.1) is 0 Å². The van der Waals surface area contributed by atoms with E-state index in [1.807, 2.05) is 42.5 Å². The quantitative estimate of drug-likeness (QED) is 0.406. The summed E-state index contributed by atoms with van der Waals surface area (Å²) in [5.41, 5.74) is 0.853. The van der Waals surface area contributed by atoms with Crippen LogP contribution in [-0.4, -0.2) is 66.7 Å². The number of anilines is 1. The standard InChI is InChI=1S/C26H29ClN4O5/c1-30(24(32)13-12-18-8-6-7-11-22(18)27)21(15-25(33)31(2)35-3)17-36-26(34)29-23-14-19-9-4-5-10-20(19)16-28-23/h4-11,14,16,21H,12-13,15,17H2,1-3H3,(H,28,29,34)/t21-/m0/s1. The van der Waals surface area contributed by atoms with E-state index in [1.54, 1.807) is 25.4 Å². The first-order chi connectivity index (χ1) is 17.3. The van der Waals surface area contributed by atoms with Crippen molar-refractivity contribution in [1.82, 2.24) is 14.9 Å². The van der Waals surface area contributed by atoms with Gasteiger partial charge in [-0.3, -0.25) is 19.7 Å². The third-order valence-corrected chi connectivity index (χ3v) is 6.18. The number of amides is 3. The summed E-state index contributed by atoms with van der Waals surface area (Å²) in [6, 6.07) is 16.0. The summed E-state index contributed by atoms with van der Waals surface area (Å²) in [5.74, 6) is -0.254. The van der Waals surface area contributed by atoms with Crippen LogP contribution in [0.3, 0.4) is 0 Å². The van der Waals surface area contributed by atoms with E-state index >= 15 is 0 Å². The monoisotopic (exact) mass is 512 g/mol. The van der Waals surface area contributed by atoms with Crippen molar-refractivity contribution in [1.29, 1.82) is 0 Å². The summed E-state index contributed by atoms with van der Waals surface area (Å²) < 4.78 is 5.37. The lowest BCUT2D eigenvalue weighted by Gasteiger charge is -2.28. The Bertz CT molecular complexity index is 1220. The van der Waals surface area contributed by atoms with Crippen molar-refractivity contribution in [2.75, 3.05) is 33.1 Å². The number of nitrogens with one attached hydrogen (secondary N) is 1. The smallest absolute Gasteiger partial charge is 0.412 e. The number of fused-ring (bicyclic) bond motifs is 1. The number of aromatic nitrogens is 1. The fourth-order valence-corrected chi connectivity index (χ4v) is 3.76. The van der Waals surface area contributed by atoms with Gasteiger partial charge < -0.3 is 9.64 Å². The molecular formula is C26H29ClN4O5. The van der Waals surface area contributed by atoms with Gasteiger partial charge in [0.1, 0.15) is 12.4 Å². The maximum atomic E-state index is 12.9. The van der Waals surface area contributed by atoms with Crippen LogP contribution in [-0.2, 0) is 25.6 Å². The van der Waals surface area contributed by atoms with Crippen LogP contribution in [0.25, 0.3) is 10.8 Å². The van der Waals surface area contributed by atoms with Crippen molar-refractivity contribution in [3.63, 3.8) is 0 Å². The van der Waals surface area contributed by atoms with Crippen LogP contribution in [0.1, 0.15) is 18.4 Å². The number of carbonyl (C=O) groups excluding carboxylic acids is 3. The fourth-order valence-electron chi connectivity index (χ4n) is 3.53. The largest absolute Gasteiger partial charge is 0.447 e. The van der Waals surface area contributed by atoms with E-state index in [0.717, 1.165) is 21.4 Å². The maximum absolute atomic E-state index is 12.9. The van der Waals surface area contributed by atoms with Crippen LogP contribution < -0.4 is 5.32 Å². The van der Waals surface area contributed by atoms with E-state index in [-0.39, 0.29) is 31.3 Å². The van der Waals surface area contributed by atoms with Crippen LogP contribution in [0, 0.1) is 0 Å². The Morgan fingerprint density at radius 1 is 1.03 bits per heavy atom. The van der Waals surface area contributed by atoms with Crippen LogP contribution in [0.2, 0.25) is 5.02 Å². The zero-order valence-corrected chi connectivity index (χ0v) is 21.2. The summed E-state index contributed by atoms with van der Waals surface area (Å²) in [7, 11) is 4.41. The zero-order chi connectivity index (χ0) is 26.1. The number of rotatable bonds is 10. The van der Waals surface area contributed by atoms with E-state index in [2.05, 4.69) is 10.3 Å². The molecule has 190 valence electrons. The Kier molecular flexibility index (Phi) is 9.61. The number of pyridine rings is 1. The number of hydroxylamine groups is 2. The summed E-state index contributed by atoms with van der Waals surface area (Å²) in [4.78, 5) is 48.4. The topological polar surface area (TPSA) is 101 Å². The van der Waals surface area contributed by atoms with Gasteiger partial charge in [-0.2, -0.15) is 0 Å². The Balaban J connectivity index is 1.63. The molecule has 1 heterocycles. The molecule has 0 fully saturated rings. The Hall–Kier alpha value is -3.69. The minimum absolute atomic E-state index is 0.0970. The van der Waals surface area contributed by atoms with Crippen molar-refractivity contribution < 1.29 is 24.0 Å². The molecule has 9 nitrogen and oxygen atoms in total. The van der Waals surface area contributed by atoms with Crippen LogP contribution in [0.4, 0.5) is 10.6 Å². The number of ether oxygens (including phenoxy) is 1. The molecular weight excluding hydrogens is 484 g/mol. The first-order valence-electron chi connectivity index (χ1n) is 11.4. The second-order valence-corrected chi connectivity index (χ2v) is 8.58. The van der Waals surface area contributed by atoms with E-state index in [9.17, 15) is 14.4 Å². The van der Waals surface area contributed by atoms with Crippen molar-refractivity contribution >= 4 is 46.1 Å². The SMILES string of the molecule is CON(C)C(=O)C[C@@H](COC(=O)Nc1cc2ccccc2cn1)N(C)C(=O)CCc1ccccc1Cl. The molecule has 0 aliphatic carbocycles. The van der Waals surface area contributed by atoms with Crippen molar-refractivity contribution in [3.05, 3.63) is 71.4 Å². The second kappa shape index (κ2) is 12.9. The van der Waals surface area contributed by atoms with Crippen molar-refractivity contribution in [3.8, 4) is 0 Å². The number of hydrogen-bond donors (Lipinski definition) is 1. The molecule has 10 heteroatoms. The lowest BCUT2D eigenvalue weighted by Crippen LogP contribution is -2.44. The summed E-state index contributed by atoms with van der Waals surface area (Å²) in [5, 5.41) is 6.09. The molecule has 0 aliphatic rings.